The van der Waals surface area contributed by atoms with Crippen LogP contribution in [0.1, 0.15) is 34.6 Å². The quantitative estimate of drug-likeness (QED) is 0.516. The molecule has 0 bridgehead atoms. The highest BCUT2D eigenvalue weighted by Gasteiger charge is 2.17. The number of likely N-dealkylation sites (N-methyl/N-ethyl adjacent to an activating group) is 1. The Bertz CT molecular complexity index is 271. The van der Waals surface area contributed by atoms with Crippen molar-refractivity contribution in [2.75, 3.05) is 13.6 Å². The van der Waals surface area contributed by atoms with E-state index in [1.54, 1.807) is 5.57 Å². The Morgan fingerprint density at radius 3 is 2.15 bits per heavy atom. The fourth-order valence-electron chi connectivity index (χ4n) is 1.91. The molecule has 1 unspecified atom stereocenters. The van der Waals surface area contributed by atoms with Gasteiger partial charge in [0, 0.05) is 19.3 Å². The highest BCUT2D eigenvalue weighted by molar-refractivity contribution is 5.28. The van der Waals surface area contributed by atoms with Gasteiger partial charge in [-0.3, -0.25) is 0 Å². The van der Waals surface area contributed by atoms with Gasteiger partial charge in [-0.2, -0.15) is 0 Å². The second kappa shape index (κ2) is 3.57. The van der Waals surface area contributed by atoms with E-state index in [1.807, 2.05) is 0 Å². The summed E-state index contributed by atoms with van der Waals surface area (Å²) >= 11 is 0. The van der Waals surface area contributed by atoms with Gasteiger partial charge in [0.15, 0.2) is 0 Å². The lowest BCUT2D eigenvalue weighted by Gasteiger charge is -2.20. The van der Waals surface area contributed by atoms with E-state index >= 15 is 0 Å². The van der Waals surface area contributed by atoms with E-state index in [0.29, 0.717) is 5.92 Å². The molecule has 0 aromatic rings. The summed E-state index contributed by atoms with van der Waals surface area (Å²) in [4.78, 5) is 2.34. The molecule has 13 heavy (non-hydrogen) atoms. The Morgan fingerprint density at radius 2 is 1.62 bits per heavy atom. The van der Waals surface area contributed by atoms with E-state index in [9.17, 15) is 0 Å². The fourth-order valence-corrected chi connectivity index (χ4v) is 1.91. The number of hydrogen-bond acceptors (Lipinski definition) is 1. The summed E-state index contributed by atoms with van der Waals surface area (Å²) in [6.07, 6.45) is 0. The Kier molecular flexibility index (Phi) is 2.84. The third-order valence-electron chi connectivity index (χ3n) is 3.59. The van der Waals surface area contributed by atoms with Crippen LogP contribution in [0.25, 0.3) is 0 Å². The maximum Gasteiger partial charge on any atom is 0.0382 e. The highest BCUT2D eigenvalue weighted by atomic mass is 15.1. The summed E-state index contributed by atoms with van der Waals surface area (Å²) in [5, 5.41) is 0. The molecular weight excluding hydrogens is 158 g/mol. The van der Waals surface area contributed by atoms with Crippen molar-refractivity contribution in [3.63, 3.8) is 0 Å². The molecule has 0 saturated heterocycles. The van der Waals surface area contributed by atoms with Gasteiger partial charge < -0.3 is 4.90 Å². The largest absolute Gasteiger partial charge is 0.374 e. The predicted molar refractivity (Wildman–Crippen MR) is 58.5 cm³/mol. The molecule has 0 amide bonds. The minimum atomic E-state index is 0.616. The van der Waals surface area contributed by atoms with Gasteiger partial charge in [0.05, 0.1) is 0 Å². The smallest absolute Gasteiger partial charge is 0.0382 e. The molecular formula is C12H21N. The Morgan fingerprint density at radius 1 is 1.08 bits per heavy atom. The minimum absolute atomic E-state index is 0.616. The van der Waals surface area contributed by atoms with Crippen molar-refractivity contribution in [3.8, 4) is 0 Å². The molecule has 1 aliphatic heterocycles. The summed E-state index contributed by atoms with van der Waals surface area (Å²) < 4.78 is 0. The van der Waals surface area contributed by atoms with Crippen LogP contribution in [0.2, 0.25) is 0 Å². The van der Waals surface area contributed by atoms with Crippen LogP contribution < -0.4 is 0 Å². The van der Waals surface area contributed by atoms with Gasteiger partial charge in [-0.1, -0.05) is 18.1 Å². The first-order chi connectivity index (χ1) is 5.95. The summed E-state index contributed by atoms with van der Waals surface area (Å²) in [5.41, 5.74) is 6.01. The van der Waals surface area contributed by atoms with Crippen molar-refractivity contribution in [3.05, 3.63) is 22.4 Å². The van der Waals surface area contributed by atoms with Gasteiger partial charge in [-0.05, 0) is 39.2 Å². The first-order valence-electron chi connectivity index (χ1n) is 5.00. The molecule has 0 saturated carbocycles. The number of rotatable bonds is 0. The standard InChI is InChI=1S/C12H21N/c1-8-7-13(6)12(5)11(4)10(3)9(8)2/h10H,7H2,1-6H3. The molecule has 0 N–H and O–H groups in total. The lowest BCUT2D eigenvalue weighted by Crippen LogP contribution is -2.18. The van der Waals surface area contributed by atoms with Crippen LogP contribution in [0.15, 0.2) is 22.4 Å². The topological polar surface area (TPSA) is 3.24 Å². The molecule has 1 nitrogen and oxygen atoms in total. The average Bonchev–Trinajstić information content (AvgIpc) is 2.15. The van der Waals surface area contributed by atoms with Crippen LogP contribution in [0.5, 0.6) is 0 Å². The van der Waals surface area contributed by atoms with E-state index in [4.69, 9.17) is 0 Å². The lowest BCUT2D eigenvalue weighted by atomic mass is 9.92. The second-order valence-electron chi connectivity index (χ2n) is 4.31. The minimum Gasteiger partial charge on any atom is -0.374 e. The second-order valence-corrected chi connectivity index (χ2v) is 4.31. The molecule has 0 aromatic heterocycles. The van der Waals surface area contributed by atoms with Gasteiger partial charge in [0.25, 0.3) is 0 Å². The summed E-state index contributed by atoms with van der Waals surface area (Å²) in [5.74, 6) is 0.616. The third-order valence-corrected chi connectivity index (χ3v) is 3.59. The summed E-state index contributed by atoms with van der Waals surface area (Å²) in [7, 11) is 2.17. The molecule has 1 rings (SSSR count). The average molecular weight is 179 g/mol. The van der Waals surface area contributed by atoms with Crippen LogP contribution in [-0.2, 0) is 0 Å². The number of nitrogens with zero attached hydrogens (tertiary/aromatic N) is 1. The fraction of sp³-hybridized carbons (Fsp3) is 0.667. The number of hydrogen-bond donors (Lipinski definition) is 0. The summed E-state index contributed by atoms with van der Waals surface area (Å²) in [6.45, 7) is 12.4. The van der Waals surface area contributed by atoms with Crippen LogP contribution >= 0.6 is 0 Å². The first kappa shape index (κ1) is 10.4. The highest BCUT2D eigenvalue weighted by Crippen LogP contribution is 2.29. The zero-order valence-electron chi connectivity index (χ0n) is 9.73. The zero-order chi connectivity index (χ0) is 10.2. The Hall–Kier alpha value is -0.720. The SMILES string of the molecule is CC1=C(C)C(C)C(C)=C(C)N(C)C1. The molecule has 0 aromatic carbocycles. The van der Waals surface area contributed by atoms with Gasteiger partial charge in [-0.25, -0.2) is 0 Å². The molecule has 1 heterocycles. The van der Waals surface area contributed by atoms with Crippen molar-refractivity contribution >= 4 is 0 Å². The molecule has 0 radical (unpaired) electrons. The molecule has 0 fully saturated rings. The zero-order valence-corrected chi connectivity index (χ0v) is 9.73. The molecule has 1 atom stereocenters. The monoisotopic (exact) mass is 179 g/mol. The van der Waals surface area contributed by atoms with E-state index in [0.717, 1.165) is 6.54 Å². The van der Waals surface area contributed by atoms with Crippen molar-refractivity contribution in [2.24, 2.45) is 5.92 Å². The van der Waals surface area contributed by atoms with Crippen molar-refractivity contribution in [1.82, 2.24) is 4.90 Å². The van der Waals surface area contributed by atoms with Crippen LogP contribution in [-0.4, -0.2) is 18.5 Å². The van der Waals surface area contributed by atoms with Gasteiger partial charge in [0.2, 0.25) is 0 Å². The molecule has 1 heteroatoms. The van der Waals surface area contributed by atoms with Crippen molar-refractivity contribution in [1.29, 1.82) is 0 Å². The Labute approximate surface area is 82.1 Å². The number of allylic oxidation sites excluding steroid dienone is 3. The van der Waals surface area contributed by atoms with E-state index in [2.05, 4.69) is 46.6 Å². The summed E-state index contributed by atoms with van der Waals surface area (Å²) in [6, 6.07) is 0. The normalized spacial score (nSPS) is 25.4. The van der Waals surface area contributed by atoms with Gasteiger partial charge in [-0.15, -0.1) is 0 Å². The molecule has 0 spiro atoms. The predicted octanol–water partition coefficient (Wildman–Crippen LogP) is 3.20. The molecule has 74 valence electrons. The third kappa shape index (κ3) is 1.79. The van der Waals surface area contributed by atoms with Gasteiger partial charge >= 0.3 is 0 Å². The van der Waals surface area contributed by atoms with Crippen molar-refractivity contribution < 1.29 is 0 Å². The molecule has 0 aliphatic carbocycles. The van der Waals surface area contributed by atoms with E-state index in [-0.39, 0.29) is 0 Å². The maximum atomic E-state index is 2.34. The van der Waals surface area contributed by atoms with Crippen LogP contribution in [0.3, 0.4) is 0 Å². The van der Waals surface area contributed by atoms with E-state index < -0.39 is 0 Å². The maximum absolute atomic E-state index is 2.34. The first-order valence-corrected chi connectivity index (χ1v) is 5.00. The van der Waals surface area contributed by atoms with Crippen LogP contribution in [0, 0.1) is 5.92 Å². The lowest BCUT2D eigenvalue weighted by molar-refractivity contribution is 0.451. The molecule has 1 aliphatic rings. The van der Waals surface area contributed by atoms with Crippen molar-refractivity contribution in [2.45, 2.75) is 34.6 Å². The van der Waals surface area contributed by atoms with E-state index in [1.165, 1.54) is 16.8 Å². The van der Waals surface area contributed by atoms with Gasteiger partial charge in [0.1, 0.15) is 0 Å². The Balaban J connectivity index is 3.13. The van der Waals surface area contributed by atoms with Crippen LogP contribution in [0.4, 0.5) is 0 Å².